The molecule has 4 fully saturated rings. The van der Waals surface area contributed by atoms with Crippen molar-refractivity contribution in [2.24, 2.45) is 52.3 Å². The molecule has 4 aliphatic carbocycles. The normalized spacial score (nSPS) is 29.2. The first kappa shape index (κ1) is 46.7. The van der Waals surface area contributed by atoms with E-state index in [1.54, 1.807) is 19.8 Å². The van der Waals surface area contributed by atoms with Gasteiger partial charge in [-0.2, -0.15) is 0 Å². The van der Waals surface area contributed by atoms with Gasteiger partial charge in [0.15, 0.2) is 0 Å². The van der Waals surface area contributed by atoms with Gasteiger partial charge in [0.05, 0.1) is 26.9 Å². The van der Waals surface area contributed by atoms with Crippen LogP contribution < -0.4 is 9.47 Å². The summed E-state index contributed by atoms with van der Waals surface area (Å²) >= 11 is 0. The van der Waals surface area contributed by atoms with Gasteiger partial charge in [0.25, 0.3) is 0 Å². The standard InChI is InChI=1S/C57H79NO6/c1-39(2)12-11-13-40(3)50-26-27-51-49-25-20-45-38-48(28-33-55(45,4)52(49)29-34-56(50,51)5)64-54(60)58-35-30-41(31-36-58)53(59)32-37-63-57(42-14-9-8-10-15-42,43-16-21-46(61-6)22-17-43)44-18-23-47(62-7)24-19-44/h8-10,14-24,39-41,48-53,59H,11-13,25-38H2,1-7H3/t40-,48+,49+,50-,51+,52+,53?,55+,56-/m1/s1. The maximum absolute atomic E-state index is 13.7. The molecule has 8 rings (SSSR count). The molecule has 348 valence electrons. The number of rotatable bonds is 16. The van der Waals surface area contributed by atoms with Crippen LogP contribution in [0.3, 0.4) is 0 Å². The van der Waals surface area contributed by atoms with E-state index in [2.05, 4.69) is 77.1 Å². The van der Waals surface area contributed by atoms with Gasteiger partial charge in [0, 0.05) is 19.5 Å². The van der Waals surface area contributed by atoms with Crippen molar-refractivity contribution in [2.75, 3.05) is 33.9 Å². The maximum atomic E-state index is 13.7. The van der Waals surface area contributed by atoms with E-state index in [-0.39, 0.29) is 23.5 Å². The van der Waals surface area contributed by atoms with Crippen LogP contribution in [0, 0.1) is 52.3 Å². The first-order chi connectivity index (χ1) is 30.9. The number of hydrogen-bond donors (Lipinski definition) is 1. The lowest BCUT2D eigenvalue weighted by atomic mass is 9.47. The molecule has 0 spiro atoms. The van der Waals surface area contributed by atoms with Gasteiger partial charge >= 0.3 is 6.09 Å². The van der Waals surface area contributed by atoms with Crippen LogP contribution in [0.4, 0.5) is 4.79 Å². The van der Waals surface area contributed by atoms with Crippen LogP contribution in [0.25, 0.3) is 0 Å². The van der Waals surface area contributed by atoms with Crippen LogP contribution in [0.1, 0.15) is 141 Å². The minimum absolute atomic E-state index is 0.0541. The van der Waals surface area contributed by atoms with E-state index in [0.717, 1.165) is 95.8 Å². The minimum Gasteiger partial charge on any atom is -0.497 e. The van der Waals surface area contributed by atoms with Gasteiger partial charge in [-0.1, -0.05) is 120 Å². The van der Waals surface area contributed by atoms with Gasteiger partial charge in [-0.05, 0) is 157 Å². The van der Waals surface area contributed by atoms with E-state index < -0.39 is 11.7 Å². The van der Waals surface area contributed by atoms with Gasteiger partial charge in [0.2, 0.25) is 0 Å². The smallest absolute Gasteiger partial charge is 0.410 e. The van der Waals surface area contributed by atoms with Crippen LogP contribution in [0.15, 0.2) is 90.5 Å². The van der Waals surface area contributed by atoms with E-state index in [1.807, 2.05) is 47.4 Å². The number of hydrogen-bond acceptors (Lipinski definition) is 6. The predicted molar refractivity (Wildman–Crippen MR) is 256 cm³/mol. The van der Waals surface area contributed by atoms with Crippen LogP contribution in [-0.2, 0) is 15.1 Å². The van der Waals surface area contributed by atoms with Gasteiger partial charge in [0.1, 0.15) is 23.2 Å². The van der Waals surface area contributed by atoms with Gasteiger partial charge in [-0.15, -0.1) is 0 Å². The number of nitrogens with zero attached hydrogens (tertiary/aromatic N) is 1. The summed E-state index contributed by atoms with van der Waals surface area (Å²) in [6, 6.07) is 26.4. The third-order valence-corrected chi connectivity index (χ3v) is 17.8. The molecule has 1 unspecified atom stereocenters. The second-order valence-electron chi connectivity index (χ2n) is 21.6. The lowest BCUT2D eigenvalue weighted by molar-refractivity contribution is -0.0599. The van der Waals surface area contributed by atoms with Crippen molar-refractivity contribution in [1.29, 1.82) is 0 Å². The Morgan fingerprint density at radius 1 is 0.766 bits per heavy atom. The number of benzene rings is 3. The zero-order valence-electron chi connectivity index (χ0n) is 40.2. The molecule has 1 heterocycles. The van der Waals surface area contributed by atoms with Crippen molar-refractivity contribution in [3.8, 4) is 11.5 Å². The number of amides is 1. The third-order valence-electron chi connectivity index (χ3n) is 17.8. The summed E-state index contributed by atoms with van der Waals surface area (Å²) in [5, 5.41) is 11.6. The molecule has 0 aromatic heterocycles. The van der Waals surface area contributed by atoms with Crippen LogP contribution in [0.2, 0.25) is 0 Å². The highest BCUT2D eigenvalue weighted by molar-refractivity contribution is 5.68. The van der Waals surface area contributed by atoms with Crippen molar-refractivity contribution in [3.05, 3.63) is 107 Å². The zero-order chi connectivity index (χ0) is 45.1. The van der Waals surface area contributed by atoms with Crippen LogP contribution in [0.5, 0.6) is 11.5 Å². The molecule has 1 aliphatic heterocycles. The van der Waals surface area contributed by atoms with Crippen molar-refractivity contribution in [3.63, 3.8) is 0 Å². The number of carbonyl (C=O) groups is 1. The SMILES string of the molecule is COc1ccc(C(OCCC(O)C2CCN(C(=O)O[C@H]3CC[C@@]4(C)C(=CC[C@H]5[C@@H]6CC[C@H]([C@H](C)CCCC(C)C)[C@@]6(C)CC[C@@H]54)C3)CC2)(c2ccccc2)c2ccc(OC)cc2)cc1. The summed E-state index contributed by atoms with van der Waals surface area (Å²) in [7, 11) is 3.34. The second-order valence-corrected chi connectivity index (χ2v) is 21.6. The molecule has 0 radical (unpaired) electrons. The first-order valence-electron chi connectivity index (χ1n) is 25.2. The average molecular weight is 874 g/mol. The summed E-state index contributed by atoms with van der Waals surface area (Å²) in [6.07, 6.45) is 17.7. The molecule has 9 atom stereocenters. The fourth-order valence-electron chi connectivity index (χ4n) is 14.1. The average Bonchev–Trinajstić information content (AvgIpc) is 3.68. The second kappa shape index (κ2) is 20.0. The summed E-state index contributed by atoms with van der Waals surface area (Å²) in [5.74, 6) is 6.55. The topological polar surface area (TPSA) is 77.5 Å². The lowest BCUT2D eigenvalue weighted by Gasteiger charge is -2.58. The van der Waals surface area contributed by atoms with E-state index in [0.29, 0.717) is 31.5 Å². The van der Waals surface area contributed by atoms with E-state index in [1.165, 1.54) is 51.4 Å². The number of fused-ring (bicyclic) bond motifs is 5. The van der Waals surface area contributed by atoms with Crippen molar-refractivity contribution >= 4 is 6.09 Å². The highest BCUT2D eigenvalue weighted by Gasteiger charge is 2.59. The minimum atomic E-state index is -0.929. The highest BCUT2D eigenvalue weighted by atomic mass is 16.6. The van der Waals surface area contributed by atoms with E-state index in [9.17, 15) is 9.90 Å². The maximum Gasteiger partial charge on any atom is 0.410 e. The molecular weight excluding hydrogens is 795 g/mol. The van der Waals surface area contributed by atoms with Crippen LogP contribution >= 0.6 is 0 Å². The number of carbonyl (C=O) groups excluding carboxylic acids is 1. The fraction of sp³-hybridized carbons (Fsp3) is 0.632. The van der Waals surface area contributed by atoms with Gasteiger partial charge < -0.3 is 29.0 Å². The molecule has 1 saturated heterocycles. The summed E-state index contributed by atoms with van der Waals surface area (Å²) in [5.41, 5.74) is 4.29. The van der Waals surface area contributed by atoms with Crippen molar-refractivity contribution in [1.82, 2.24) is 4.90 Å². The predicted octanol–water partition coefficient (Wildman–Crippen LogP) is 13.0. The molecule has 7 nitrogen and oxygen atoms in total. The van der Waals surface area contributed by atoms with E-state index in [4.69, 9.17) is 18.9 Å². The van der Waals surface area contributed by atoms with Crippen molar-refractivity contribution < 1.29 is 28.8 Å². The zero-order valence-corrected chi connectivity index (χ0v) is 40.2. The Balaban J connectivity index is 0.847. The Labute approximate surface area is 385 Å². The quantitative estimate of drug-likeness (QED) is 0.114. The summed E-state index contributed by atoms with van der Waals surface area (Å²) in [4.78, 5) is 15.6. The number of piperidine rings is 1. The largest absolute Gasteiger partial charge is 0.497 e. The fourth-order valence-corrected chi connectivity index (χ4v) is 14.1. The summed E-state index contributed by atoms with van der Waals surface area (Å²) in [6.45, 7) is 14.1. The van der Waals surface area contributed by atoms with E-state index >= 15 is 0 Å². The highest BCUT2D eigenvalue weighted by Crippen LogP contribution is 2.67. The number of aliphatic hydroxyl groups is 1. The Hall–Kier alpha value is -3.81. The number of aliphatic hydroxyl groups excluding tert-OH is 1. The molecule has 3 aromatic carbocycles. The molecule has 0 bridgehead atoms. The molecule has 3 aromatic rings. The Kier molecular flexibility index (Phi) is 14.6. The van der Waals surface area contributed by atoms with Gasteiger partial charge in [-0.25, -0.2) is 4.79 Å². The monoisotopic (exact) mass is 874 g/mol. The van der Waals surface area contributed by atoms with Gasteiger partial charge in [-0.3, -0.25) is 0 Å². The molecule has 7 heteroatoms. The first-order valence-corrected chi connectivity index (χ1v) is 25.2. The molecule has 3 saturated carbocycles. The Morgan fingerprint density at radius 3 is 2.03 bits per heavy atom. The third kappa shape index (κ3) is 9.28. The summed E-state index contributed by atoms with van der Waals surface area (Å²) < 4.78 is 24.4. The number of ether oxygens (including phenoxy) is 4. The molecule has 5 aliphatic rings. The number of allylic oxidation sites excluding steroid dienone is 1. The molecule has 1 amide bonds. The Bertz CT molecular complexity index is 1960. The molecule has 1 N–H and O–H groups in total. The molecular formula is C57H79NO6. The number of methoxy groups -OCH3 is 2. The lowest BCUT2D eigenvalue weighted by Crippen LogP contribution is -2.51. The number of likely N-dealkylation sites (tertiary alicyclic amines) is 1. The van der Waals surface area contributed by atoms with Crippen molar-refractivity contribution in [2.45, 2.75) is 142 Å². The molecule has 64 heavy (non-hydrogen) atoms. The Morgan fingerprint density at radius 2 is 1.41 bits per heavy atom. The van der Waals surface area contributed by atoms with Crippen LogP contribution in [-0.4, -0.2) is 62.2 Å².